The van der Waals surface area contributed by atoms with E-state index in [0.29, 0.717) is 19.1 Å². The molecule has 0 bridgehead atoms. The predicted octanol–water partition coefficient (Wildman–Crippen LogP) is 0.750. The first kappa shape index (κ1) is 8.27. The molecule has 0 N–H and O–H groups in total. The second-order valence-corrected chi connectivity index (χ2v) is 2.63. The second kappa shape index (κ2) is 3.53. The summed E-state index contributed by atoms with van der Waals surface area (Å²) in [6.45, 7) is 6.41. The van der Waals surface area contributed by atoms with Crippen LogP contribution in [0.4, 0.5) is 0 Å². The molecule has 1 aliphatic heterocycles. The first-order valence-corrected chi connectivity index (χ1v) is 3.65. The minimum absolute atomic E-state index is 0.229. The van der Waals surface area contributed by atoms with Crippen LogP contribution in [0.5, 0.6) is 0 Å². The fraction of sp³-hybridized carbons (Fsp3) is 0.625. The zero-order valence-electron chi connectivity index (χ0n) is 6.58. The number of rotatable bonds is 3. The van der Waals surface area contributed by atoms with Gasteiger partial charge in [0.25, 0.3) is 0 Å². The fourth-order valence-corrected chi connectivity index (χ4v) is 0.856. The summed E-state index contributed by atoms with van der Waals surface area (Å²) in [6.07, 6.45) is 1.40. The molecule has 0 aromatic heterocycles. The van der Waals surface area contributed by atoms with Gasteiger partial charge in [-0.1, -0.05) is 6.58 Å². The lowest BCUT2D eigenvalue weighted by molar-refractivity contribution is -0.155. The van der Waals surface area contributed by atoms with Crippen LogP contribution in [0.15, 0.2) is 12.7 Å². The van der Waals surface area contributed by atoms with E-state index >= 15 is 0 Å². The standard InChI is InChI=1S/C8H12O3/c1-3-8(9)11-5-7-4-10-6(7)2/h3,6-7H,1,4-5H2,2H3. The Hall–Kier alpha value is -0.830. The molecule has 1 aliphatic rings. The Morgan fingerprint density at radius 1 is 1.91 bits per heavy atom. The summed E-state index contributed by atoms with van der Waals surface area (Å²) in [6, 6.07) is 0. The van der Waals surface area contributed by atoms with E-state index in [1.165, 1.54) is 6.08 Å². The molecule has 0 amide bonds. The molecular formula is C8H12O3. The molecule has 0 aromatic rings. The lowest BCUT2D eigenvalue weighted by Gasteiger charge is -2.33. The summed E-state index contributed by atoms with van der Waals surface area (Å²) in [4.78, 5) is 10.6. The van der Waals surface area contributed by atoms with Gasteiger partial charge in [0.15, 0.2) is 0 Å². The first-order chi connectivity index (χ1) is 5.24. The van der Waals surface area contributed by atoms with Gasteiger partial charge in [-0.15, -0.1) is 0 Å². The molecule has 62 valence electrons. The lowest BCUT2D eigenvalue weighted by Crippen LogP contribution is -2.40. The quantitative estimate of drug-likeness (QED) is 0.447. The third kappa shape index (κ3) is 2.05. The van der Waals surface area contributed by atoms with Gasteiger partial charge < -0.3 is 9.47 Å². The Morgan fingerprint density at radius 3 is 3.00 bits per heavy atom. The Balaban J connectivity index is 2.12. The molecule has 0 saturated carbocycles. The van der Waals surface area contributed by atoms with Crippen molar-refractivity contribution in [2.75, 3.05) is 13.2 Å². The van der Waals surface area contributed by atoms with Crippen molar-refractivity contribution in [3.63, 3.8) is 0 Å². The van der Waals surface area contributed by atoms with E-state index in [2.05, 4.69) is 6.58 Å². The lowest BCUT2D eigenvalue weighted by atomic mass is 10.0. The second-order valence-electron chi connectivity index (χ2n) is 2.63. The van der Waals surface area contributed by atoms with Crippen LogP contribution in [0.25, 0.3) is 0 Å². The monoisotopic (exact) mass is 156 g/mol. The molecule has 0 radical (unpaired) electrons. The van der Waals surface area contributed by atoms with Gasteiger partial charge in [-0.05, 0) is 6.92 Å². The molecule has 3 heteroatoms. The summed E-state index contributed by atoms with van der Waals surface area (Å²) < 4.78 is 9.92. The molecule has 0 spiro atoms. The summed E-state index contributed by atoms with van der Waals surface area (Å²) in [5.74, 6) is 0.0167. The van der Waals surface area contributed by atoms with Crippen molar-refractivity contribution in [1.29, 1.82) is 0 Å². The van der Waals surface area contributed by atoms with Crippen LogP contribution in [-0.4, -0.2) is 25.3 Å². The summed E-state index contributed by atoms with van der Waals surface area (Å²) in [5, 5.41) is 0. The zero-order valence-corrected chi connectivity index (χ0v) is 6.58. The molecule has 0 aliphatic carbocycles. The highest BCUT2D eigenvalue weighted by Crippen LogP contribution is 2.19. The average molecular weight is 156 g/mol. The summed E-state index contributed by atoms with van der Waals surface area (Å²) in [7, 11) is 0. The summed E-state index contributed by atoms with van der Waals surface area (Å²) in [5.41, 5.74) is 0. The molecule has 1 saturated heterocycles. The SMILES string of the molecule is C=CC(=O)OCC1COC1C. The Bertz CT molecular complexity index is 165. The van der Waals surface area contributed by atoms with E-state index in [1.807, 2.05) is 6.92 Å². The molecule has 1 fully saturated rings. The molecule has 1 heterocycles. The van der Waals surface area contributed by atoms with Crippen molar-refractivity contribution in [3.8, 4) is 0 Å². The average Bonchev–Trinajstić information content (AvgIpc) is 2.01. The maximum Gasteiger partial charge on any atom is 0.330 e. The number of hydrogen-bond donors (Lipinski definition) is 0. The largest absolute Gasteiger partial charge is 0.462 e. The van der Waals surface area contributed by atoms with Crippen molar-refractivity contribution < 1.29 is 14.3 Å². The van der Waals surface area contributed by atoms with Gasteiger partial charge >= 0.3 is 5.97 Å². The highest BCUT2D eigenvalue weighted by Gasteiger charge is 2.28. The van der Waals surface area contributed by atoms with Crippen LogP contribution in [0.1, 0.15) is 6.92 Å². The van der Waals surface area contributed by atoms with Crippen LogP contribution >= 0.6 is 0 Å². The minimum Gasteiger partial charge on any atom is -0.462 e. The maximum absolute atomic E-state index is 10.6. The van der Waals surface area contributed by atoms with Gasteiger partial charge in [-0.3, -0.25) is 0 Å². The van der Waals surface area contributed by atoms with Gasteiger partial charge in [0.05, 0.1) is 19.3 Å². The topological polar surface area (TPSA) is 35.5 Å². The number of esters is 1. The van der Waals surface area contributed by atoms with Gasteiger partial charge in [-0.2, -0.15) is 0 Å². The Morgan fingerprint density at radius 2 is 2.64 bits per heavy atom. The van der Waals surface area contributed by atoms with Crippen molar-refractivity contribution in [1.82, 2.24) is 0 Å². The normalized spacial score (nSPS) is 28.8. The number of carbonyl (C=O) groups is 1. The molecule has 2 atom stereocenters. The van der Waals surface area contributed by atoms with Gasteiger partial charge in [0, 0.05) is 12.0 Å². The van der Waals surface area contributed by atoms with Gasteiger partial charge in [-0.25, -0.2) is 4.79 Å². The van der Waals surface area contributed by atoms with Crippen LogP contribution in [0.3, 0.4) is 0 Å². The van der Waals surface area contributed by atoms with Crippen LogP contribution in [0.2, 0.25) is 0 Å². The van der Waals surface area contributed by atoms with Crippen LogP contribution in [-0.2, 0) is 14.3 Å². The van der Waals surface area contributed by atoms with Gasteiger partial charge in [0.1, 0.15) is 0 Å². The van der Waals surface area contributed by atoms with E-state index in [9.17, 15) is 4.79 Å². The molecule has 0 aromatic carbocycles. The predicted molar refractivity (Wildman–Crippen MR) is 40.1 cm³/mol. The Kier molecular flexibility index (Phi) is 2.65. The van der Waals surface area contributed by atoms with Crippen molar-refractivity contribution in [3.05, 3.63) is 12.7 Å². The number of ether oxygens (including phenoxy) is 2. The molecular weight excluding hydrogens is 144 g/mol. The molecule has 11 heavy (non-hydrogen) atoms. The molecule has 3 nitrogen and oxygen atoms in total. The van der Waals surface area contributed by atoms with Crippen LogP contribution < -0.4 is 0 Å². The van der Waals surface area contributed by atoms with E-state index in [1.54, 1.807) is 0 Å². The number of carbonyl (C=O) groups excluding carboxylic acids is 1. The maximum atomic E-state index is 10.6. The zero-order chi connectivity index (χ0) is 8.27. The van der Waals surface area contributed by atoms with E-state index < -0.39 is 0 Å². The first-order valence-electron chi connectivity index (χ1n) is 3.65. The third-order valence-corrected chi connectivity index (χ3v) is 1.84. The van der Waals surface area contributed by atoms with Gasteiger partial charge in [0.2, 0.25) is 0 Å². The molecule has 2 unspecified atom stereocenters. The smallest absolute Gasteiger partial charge is 0.330 e. The minimum atomic E-state index is -0.357. The molecule has 1 rings (SSSR count). The van der Waals surface area contributed by atoms with Crippen molar-refractivity contribution in [2.24, 2.45) is 5.92 Å². The fourth-order valence-electron chi connectivity index (χ4n) is 0.856. The Labute approximate surface area is 66.0 Å². The van der Waals surface area contributed by atoms with E-state index in [4.69, 9.17) is 9.47 Å². The number of hydrogen-bond acceptors (Lipinski definition) is 3. The highest BCUT2D eigenvalue weighted by molar-refractivity contribution is 5.81. The highest BCUT2D eigenvalue weighted by atomic mass is 16.5. The van der Waals surface area contributed by atoms with E-state index in [0.717, 1.165) is 0 Å². The van der Waals surface area contributed by atoms with Crippen LogP contribution in [0, 0.1) is 5.92 Å². The van der Waals surface area contributed by atoms with Crippen molar-refractivity contribution >= 4 is 5.97 Å². The van der Waals surface area contributed by atoms with E-state index in [-0.39, 0.29) is 12.1 Å². The third-order valence-electron chi connectivity index (χ3n) is 1.84. The van der Waals surface area contributed by atoms with Crippen molar-refractivity contribution in [2.45, 2.75) is 13.0 Å². The summed E-state index contributed by atoms with van der Waals surface area (Å²) >= 11 is 0.